The Balaban J connectivity index is 0.00000169. The van der Waals surface area contributed by atoms with E-state index in [0.717, 1.165) is 31.9 Å². The quantitative estimate of drug-likeness (QED) is 0.821. The van der Waals surface area contributed by atoms with Crippen molar-refractivity contribution in [1.29, 1.82) is 0 Å². The van der Waals surface area contributed by atoms with E-state index in [-0.39, 0.29) is 42.2 Å². The van der Waals surface area contributed by atoms with Crippen molar-refractivity contribution >= 4 is 36.5 Å². The second-order valence-electron chi connectivity index (χ2n) is 7.92. The molecule has 1 aromatic rings. The molecule has 2 aliphatic rings. The molecule has 2 fully saturated rings. The van der Waals surface area contributed by atoms with Gasteiger partial charge in [0, 0.05) is 38.4 Å². The fraction of sp³-hybridized carbons (Fsp3) is 0.684. The van der Waals surface area contributed by atoms with E-state index in [0.29, 0.717) is 12.1 Å². The van der Waals surface area contributed by atoms with Crippen molar-refractivity contribution in [3.63, 3.8) is 0 Å². The maximum Gasteiger partial charge on any atom is 0.255 e. The molecular formula is C19H32Cl2N4O. The topological polar surface area (TPSA) is 62.5 Å². The molecule has 0 bridgehead atoms. The molecule has 7 heteroatoms. The summed E-state index contributed by atoms with van der Waals surface area (Å²) in [6.07, 6.45) is 7.67. The van der Waals surface area contributed by atoms with Gasteiger partial charge in [0.15, 0.2) is 0 Å². The predicted octanol–water partition coefficient (Wildman–Crippen LogP) is 3.51. The molecule has 1 unspecified atom stereocenters. The molecule has 1 aromatic heterocycles. The van der Waals surface area contributed by atoms with E-state index >= 15 is 0 Å². The van der Waals surface area contributed by atoms with Crippen LogP contribution in [0.3, 0.4) is 0 Å². The molecule has 1 amide bonds. The summed E-state index contributed by atoms with van der Waals surface area (Å²) in [5.74, 6) is 1.07. The van der Waals surface area contributed by atoms with Crippen molar-refractivity contribution in [2.24, 2.45) is 11.1 Å². The molecule has 5 nitrogen and oxygen atoms in total. The number of likely N-dealkylation sites (tertiary alicyclic amines) is 1. The van der Waals surface area contributed by atoms with Gasteiger partial charge < -0.3 is 15.5 Å². The highest BCUT2D eigenvalue weighted by Crippen LogP contribution is 2.28. The number of pyridine rings is 1. The van der Waals surface area contributed by atoms with Crippen molar-refractivity contribution < 1.29 is 4.79 Å². The second kappa shape index (κ2) is 9.77. The molecule has 1 atom stereocenters. The van der Waals surface area contributed by atoms with Crippen LogP contribution in [0.15, 0.2) is 18.3 Å². The van der Waals surface area contributed by atoms with Gasteiger partial charge >= 0.3 is 0 Å². The van der Waals surface area contributed by atoms with Gasteiger partial charge in [-0.15, -0.1) is 24.8 Å². The van der Waals surface area contributed by atoms with Gasteiger partial charge in [-0.05, 0) is 36.8 Å². The minimum Gasteiger partial charge on any atom is -0.357 e. The Kier molecular flexibility index (Phi) is 8.64. The fourth-order valence-electron chi connectivity index (χ4n) is 3.73. The highest BCUT2D eigenvalue weighted by molar-refractivity contribution is 5.94. The Bertz CT molecular complexity index is 571. The van der Waals surface area contributed by atoms with Gasteiger partial charge in [0.05, 0.1) is 5.56 Å². The molecule has 3 heterocycles. The van der Waals surface area contributed by atoms with Crippen LogP contribution in [0.4, 0.5) is 5.82 Å². The molecule has 2 aliphatic heterocycles. The summed E-state index contributed by atoms with van der Waals surface area (Å²) in [6.45, 7) is 7.85. The van der Waals surface area contributed by atoms with Crippen molar-refractivity contribution in [3.05, 3.63) is 23.9 Å². The summed E-state index contributed by atoms with van der Waals surface area (Å²) in [5, 5.41) is 0. The average Bonchev–Trinajstić information content (AvgIpc) is 2.86. The summed E-state index contributed by atoms with van der Waals surface area (Å²) < 4.78 is 0. The lowest BCUT2D eigenvalue weighted by atomic mass is 9.79. The van der Waals surface area contributed by atoms with E-state index in [1.807, 2.05) is 17.0 Å². The molecular weight excluding hydrogens is 371 g/mol. The number of nitrogens with two attached hydrogens (primary N) is 1. The third-order valence-corrected chi connectivity index (χ3v) is 5.52. The largest absolute Gasteiger partial charge is 0.357 e. The summed E-state index contributed by atoms with van der Waals surface area (Å²) >= 11 is 0. The Morgan fingerprint density at radius 3 is 2.31 bits per heavy atom. The standard InChI is InChI=1S/C19H30N4O.2ClH/c1-19(2)14-23(12-9-16(19)20)18(24)15-7-8-17(21-13-15)22-10-5-3-4-6-11-22;;/h7-8,13,16H,3-6,9-12,14,20H2,1-2H3;2*1H. The third-order valence-electron chi connectivity index (χ3n) is 5.52. The van der Waals surface area contributed by atoms with Crippen LogP contribution in [0.5, 0.6) is 0 Å². The number of nitrogens with zero attached hydrogens (tertiary/aromatic N) is 3. The van der Waals surface area contributed by atoms with Crippen molar-refractivity contribution in [2.45, 2.75) is 52.0 Å². The van der Waals surface area contributed by atoms with Crippen molar-refractivity contribution in [2.75, 3.05) is 31.1 Å². The normalized spacial score (nSPS) is 22.7. The van der Waals surface area contributed by atoms with Crippen LogP contribution in [-0.4, -0.2) is 48.0 Å². The van der Waals surface area contributed by atoms with E-state index < -0.39 is 0 Å². The Hall–Kier alpha value is -1.04. The molecule has 0 aromatic carbocycles. The number of piperidine rings is 1. The second-order valence-corrected chi connectivity index (χ2v) is 7.92. The van der Waals surface area contributed by atoms with Crippen molar-refractivity contribution in [1.82, 2.24) is 9.88 Å². The molecule has 2 saturated heterocycles. The lowest BCUT2D eigenvalue weighted by Crippen LogP contribution is -2.54. The fourth-order valence-corrected chi connectivity index (χ4v) is 3.73. The van der Waals surface area contributed by atoms with Crippen LogP contribution < -0.4 is 10.6 Å². The zero-order valence-corrected chi connectivity index (χ0v) is 17.5. The first-order valence-corrected chi connectivity index (χ1v) is 9.23. The van der Waals surface area contributed by atoms with E-state index in [2.05, 4.69) is 23.7 Å². The Morgan fingerprint density at radius 1 is 1.12 bits per heavy atom. The zero-order valence-electron chi connectivity index (χ0n) is 15.8. The number of rotatable bonds is 2. The van der Waals surface area contributed by atoms with Gasteiger partial charge in [0.1, 0.15) is 5.82 Å². The maximum atomic E-state index is 12.8. The molecule has 0 radical (unpaired) electrons. The Morgan fingerprint density at radius 2 is 1.77 bits per heavy atom. The number of aromatic nitrogens is 1. The monoisotopic (exact) mass is 402 g/mol. The van der Waals surface area contributed by atoms with Crippen LogP contribution in [0, 0.1) is 5.41 Å². The van der Waals surface area contributed by atoms with Gasteiger partial charge in [0.2, 0.25) is 0 Å². The minimum atomic E-state index is -0.0344. The minimum absolute atomic E-state index is 0. The van der Waals surface area contributed by atoms with Gasteiger partial charge in [-0.2, -0.15) is 0 Å². The van der Waals surface area contributed by atoms with Crippen LogP contribution in [0.2, 0.25) is 0 Å². The number of carbonyl (C=O) groups is 1. The molecule has 3 rings (SSSR count). The van der Waals surface area contributed by atoms with Gasteiger partial charge in [0.25, 0.3) is 5.91 Å². The van der Waals surface area contributed by atoms with Crippen LogP contribution in [0.25, 0.3) is 0 Å². The summed E-state index contributed by atoms with van der Waals surface area (Å²) in [5.41, 5.74) is 6.82. The number of carbonyl (C=O) groups excluding carboxylic acids is 1. The summed E-state index contributed by atoms with van der Waals surface area (Å²) in [7, 11) is 0. The zero-order chi connectivity index (χ0) is 17.2. The van der Waals surface area contributed by atoms with Crippen LogP contribution >= 0.6 is 24.8 Å². The van der Waals surface area contributed by atoms with Gasteiger partial charge in [-0.3, -0.25) is 4.79 Å². The molecule has 0 aliphatic carbocycles. The number of hydrogen-bond donors (Lipinski definition) is 1. The molecule has 0 spiro atoms. The lowest BCUT2D eigenvalue weighted by Gasteiger charge is -2.42. The SMILES string of the molecule is CC1(C)CN(C(=O)c2ccc(N3CCCCCC3)nc2)CCC1N.Cl.Cl. The lowest BCUT2D eigenvalue weighted by molar-refractivity contribution is 0.0532. The average molecular weight is 403 g/mol. The Labute approximate surface area is 169 Å². The molecule has 148 valence electrons. The van der Waals surface area contributed by atoms with Crippen molar-refractivity contribution in [3.8, 4) is 0 Å². The summed E-state index contributed by atoms with van der Waals surface area (Å²) in [6, 6.07) is 4.08. The summed E-state index contributed by atoms with van der Waals surface area (Å²) in [4.78, 5) is 21.6. The number of anilines is 1. The van der Waals surface area contributed by atoms with E-state index in [1.165, 1.54) is 25.7 Å². The van der Waals surface area contributed by atoms with E-state index in [4.69, 9.17) is 5.73 Å². The third kappa shape index (κ3) is 5.24. The van der Waals surface area contributed by atoms with E-state index in [1.54, 1.807) is 6.20 Å². The first-order chi connectivity index (χ1) is 11.5. The number of hydrogen-bond acceptors (Lipinski definition) is 4. The maximum absolute atomic E-state index is 12.8. The molecule has 26 heavy (non-hydrogen) atoms. The van der Waals surface area contributed by atoms with E-state index in [9.17, 15) is 4.79 Å². The number of amides is 1. The van der Waals surface area contributed by atoms with Gasteiger partial charge in [-0.1, -0.05) is 26.7 Å². The molecule has 0 saturated carbocycles. The first kappa shape index (κ1) is 23.0. The predicted molar refractivity (Wildman–Crippen MR) is 112 cm³/mol. The first-order valence-electron chi connectivity index (χ1n) is 9.23. The van der Waals surface area contributed by atoms with Crippen LogP contribution in [-0.2, 0) is 0 Å². The van der Waals surface area contributed by atoms with Crippen LogP contribution in [0.1, 0.15) is 56.3 Å². The smallest absolute Gasteiger partial charge is 0.255 e. The highest BCUT2D eigenvalue weighted by atomic mass is 35.5. The highest BCUT2D eigenvalue weighted by Gasteiger charge is 2.35. The van der Waals surface area contributed by atoms with Gasteiger partial charge in [-0.25, -0.2) is 4.98 Å². The number of halogens is 2. The molecule has 2 N–H and O–H groups in total.